The zero-order valence-corrected chi connectivity index (χ0v) is 10.0. The van der Waals surface area contributed by atoms with Crippen LogP contribution >= 0.6 is 0 Å². The van der Waals surface area contributed by atoms with E-state index in [1.165, 1.54) is 51.4 Å². The molecule has 3 atom stereocenters. The second-order valence-corrected chi connectivity index (χ2v) is 6.19. The van der Waals surface area contributed by atoms with E-state index in [-0.39, 0.29) is 0 Å². The van der Waals surface area contributed by atoms with Crippen molar-refractivity contribution in [3.8, 4) is 0 Å². The van der Waals surface area contributed by atoms with Crippen molar-refractivity contribution in [2.24, 2.45) is 17.3 Å². The van der Waals surface area contributed by atoms with Crippen LogP contribution in [0.25, 0.3) is 0 Å². The molecule has 0 heteroatoms. The minimum atomic E-state index is 0.782. The highest BCUT2D eigenvalue weighted by Gasteiger charge is 2.48. The van der Waals surface area contributed by atoms with Crippen LogP contribution < -0.4 is 0 Å². The first-order valence-corrected chi connectivity index (χ1v) is 6.71. The highest BCUT2D eigenvalue weighted by molar-refractivity contribution is 4.98. The maximum Gasteiger partial charge on any atom is -0.0294 e. The van der Waals surface area contributed by atoms with Crippen molar-refractivity contribution in [2.45, 2.75) is 71.6 Å². The van der Waals surface area contributed by atoms with Gasteiger partial charge in [-0.05, 0) is 36.5 Å². The Hall–Kier alpha value is 0. The number of hydrogen-bond donors (Lipinski definition) is 0. The van der Waals surface area contributed by atoms with Crippen LogP contribution in [0.5, 0.6) is 0 Å². The largest absolute Gasteiger partial charge is 0.0625 e. The minimum absolute atomic E-state index is 0.782. The summed E-state index contributed by atoms with van der Waals surface area (Å²) in [5.41, 5.74) is 0.782. The molecule has 0 saturated heterocycles. The maximum atomic E-state index is 2.53. The van der Waals surface area contributed by atoms with Gasteiger partial charge >= 0.3 is 0 Å². The van der Waals surface area contributed by atoms with E-state index >= 15 is 0 Å². The van der Waals surface area contributed by atoms with Crippen molar-refractivity contribution in [2.75, 3.05) is 0 Å². The normalized spacial score (nSPS) is 45.0. The van der Waals surface area contributed by atoms with Gasteiger partial charge in [0, 0.05) is 0 Å². The molecule has 0 nitrogen and oxygen atoms in total. The second-order valence-electron chi connectivity index (χ2n) is 6.19. The highest BCUT2D eigenvalue weighted by Crippen LogP contribution is 2.58. The zero-order chi connectivity index (χ0) is 10.0. The monoisotopic (exact) mass is 194 g/mol. The van der Waals surface area contributed by atoms with Gasteiger partial charge in [0.25, 0.3) is 0 Å². The Labute approximate surface area is 89.5 Å². The Balaban J connectivity index is 1.83. The molecule has 2 rings (SSSR count). The van der Waals surface area contributed by atoms with E-state index in [0.29, 0.717) is 0 Å². The van der Waals surface area contributed by atoms with Gasteiger partial charge in [0.05, 0.1) is 0 Å². The van der Waals surface area contributed by atoms with Gasteiger partial charge in [-0.25, -0.2) is 0 Å². The lowest BCUT2D eigenvalue weighted by Crippen LogP contribution is -1.99. The fourth-order valence-corrected chi connectivity index (χ4v) is 3.27. The molecule has 0 aromatic carbocycles. The molecule has 14 heavy (non-hydrogen) atoms. The third-order valence-electron chi connectivity index (χ3n) is 4.74. The van der Waals surface area contributed by atoms with E-state index in [0.717, 1.165) is 17.3 Å². The van der Waals surface area contributed by atoms with Gasteiger partial charge in [-0.2, -0.15) is 0 Å². The van der Waals surface area contributed by atoms with Gasteiger partial charge in [-0.3, -0.25) is 0 Å². The number of hydrogen-bond acceptors (Lipinski definition) is 0. The first kappa shape index (κ1) is 10.5. The molecule has 2 saturated carbocycles. The molecule has 0 aliphatic heterocycles. The SMILES string of the molecule is CC1CCCCCCC2(C)CC2CC1. The summed E-state index contributed by atoms with van der Waals surface area (Å²) < 4.78 is 0. The Morgan fingerprint density at radius 2 is 1.71 bits per heavy atom. The zero-order valence-electron chi connectivity index (χ0n) is 10.0. The Kier molecular flexibility index (Phi) is 3.19. The summed E-state index contributed by atoms with van der Waals surface area (Å²) in [6, 6.07) is 0. The van der Waals surface area contributed by atoms with E-state index in [9.17, 15) is 0 Å². The predicted molar refractivity (Wildman–Crippen MR) is 62.3 cm³/mol. The topological polar surface area (TPSA) is 0 Å². The van der Waals surface area contributed by atoms with Crippen molar-refractivity contribution in [3.63, 3.8) is 0 Å². The van der Waals surface area contributed by atoms with Crippen molar-refractivity contribution in [3.05, 3.63) is 0 Å². The van der Waals surface area contributed by atoms with Crippen LogP contribution in [0.4, 0.5) is 0 Å². The van der Waals surface area contributed by atoms with E-state index < -0.39 is 0 Å². The molecule has 82 valence electrons. The maximum absolute atomic E-state index is 2.53. The molecule has 0 radical (unpaired) electrons. The fraction of sp³-hybridized carbons (Fsp3) is 1.00. The first-order chi connectivity index (χ1) is 6.71. The lowest BCUT2D eigenvalue weighted by molar-refractivity contribution is 0.403. The Morgan fingerprint density at radius 3 is 2.57 bits per heavy atom. The smallest absolute Gasteiger partial charge is 0.0294 e. The van der Waals surface area contributed by atoms with Gasteiger partial charge in [0.15, 0.2) is 0 Å². The molecular weight excluding hydrogens is 168 g/mol. The molecule has 2 aliphatic carbocycles. The first-order valence-electron chi connectivity index (χ1n) is 6.71. The van der Waals surface area contributed by atoms with Crippen LogP contribution in [-0.2, 0) is 0 Å². The van der Waals surface area contributed by atoms with Crippen molar-refractivity contribution in [1.82, 2.24) is 0 Å². The third-order valence-corrected chi connectivity index (χ3v) is 4.74. The molecule has 3 unspecified atom stereocenters. The highest BCUT2D eigenvalue weighted by atomic mass is 14.5. The van der Waals surface area contributed by atoms with Crippen LogP contribution in [-0.4, -0.2) is 0 Å². The average molecular weight is 194 g/mol. The molecule has 0 N–H and O–H groups in total. The number of rotatable bonds is 0. The van der Waals surface area contributed by atoms with Gasteiger partial charge in [-0.15, -0.1) is 0 Å². The van der Waals surface area contributed by atoms with E-state index in [1.54, 1.807) is 6.42 Å². The summed E-state index contributed by atoms with van der Waals surface area (Å²) in [4.78, 5) is 0. The summed E-state index contributed by atoms with van der Waals surface area (Å²) in [7, 11) is 0. The van der Waals surface area contributed by atoms with Gasteiger partial charge in [-0.1, -0.05) is 52.4 Å². The van der Waals surface area contributed by atoms with E-state index in [2.05, 4.69) is 13.8 Å². The molecule has 0 aromatic rings. The molecular formula is C14H26. The Morgan fingerprint density at radius 1 is 0.929 bits per heavy atom. The summed E-state index contributed by atoms with van der Waals surface area (Å²) >= 11 is 0. The number of fused-ring (bicyclic) bond motifs is 1. The van der Waals surface area contributed by atoms with Gasteiger partial charge < -0.3 is 0 Å². The summed E-state index contributed by atoms with van der Waals surface area (Å²) in [6.07, 6.45) is 13.6. The van der Waals surface area contributed by atoms with Crippen LogP contribution in [0, 0.1) is 17.3 Å². The minimum Gasteiger partial charge on any atom is -0.0625 e. The standard InChI is InChI=1S/C14H26/c1-12-7-5-3-4-6-10-14(2)11-13(14)9-8-12/h12-13H,3-11H2,1-2H3. The molecule has 0 aromatic heterocycles. The Bertz CT molecular complexity index is 184. The van der Waals surface area contributed by atoms with Crippen LogP contribution in [0.3, 0.4) is 0 Å². The predicted octanol–water partition coefficient (Wildman–Crippen LogP) is 4.78. The van der Waals surface area contributed by atoms with Crippen molar-refractivity contribution < 1.29 is 0 Å². The fourth-order valence-electron chi connectivity index (χ4n) is 3.27. The summed E-state index contributed by atoms with van der Waals surface area (Å²) in [5, 5.41) is 0. The molecule has 0 bridgehead atoms. The van der Waals surface area contributed by atoms with Crippen LogP contribution in [0.15, 0.2) is 0 Å². The van der Waals surface area contributed by atoms with Gasteiger partial charge in [0.2, 0.25) is 0 Å². The molecule has 2 aliphatic rings. The molecule has 0 spiro atoms. The summed E-state index contributed by atoms with van der Waals surface area (Å²) in [6.45, 7) is 4.98. The lowest BCUT2D eigenvalue weighted by atomic mass is 9.94. The molecule has 2 fully saturated rings. The van der Waals surface area contributed by atoms with Crippen molar-refractivity contribution >= 4 is 0 Å². The average Bonchev–Trinajstić information content (AvgIpc) is 2.79. The second kappa shape index (κ2) is 4.24. The van der Waals surface area contributed by atoms with Crippen LogP contribution in [0.1, 0.15) is 71.6 Å². The molecule has 0 amide bonds. The van der Waals surface area contributed by atoms with E-state index in [1.807, 2.05) is 0 Å². The molecule has 0 heterocycles. The van der Waals surface area contributed by atoms with E-state index in [4.69, 9.17) is 0 Å². The lowest BCUT2D eigenvalue weighted by Gasteiger charge is -2.11. The van der Waals surface area contributed by atoms with Gasteiger partial charge in [0.1, 0.15) is 0 Å². The van der Waals surface area contributed by atoms with Crippen LogP contribution in [0.2, 0.25) is 0 Å². The van der Waals surface area contributed by atoms with Crippen molar-refractivity contribution in [1.29, 1.82) is 0 Å². The third kappa shape index (κ3) is 2.52. The summed E-state index contributed by atoms with van der Waals surface area (Å²) in [5.74, 6) is 2.10. The quantitative estimate of drug-likeness (QED) is 0.520.